The Bertz CT molecular complexity index is 1660. The van der Waals surface area contributed by atoms with Gasteiger partial charge in [-0.1, -0.05) is 48.5 Å². The topological polar surface area (TPSA) is 100 Å². The SMILES string of the molecule is O=C(Nc1ccc(SC(C(=O)Nc2ccncc2)c2ccccc2)cc1)/C(=C/c1ccsc1)NC(=O)c1ccccc1. The zero-order valence-corrected chi connectivity index (χ0v) is 23.9. The van der Waals surface area contributed by atoms with Gasteiger partial charge in [-0.3, -0.25) is 19.4 Å². The molecule has 1 unspecified atom stereocenters. The fourth-order valence-electron chi connectivity index (χ4n) is 3.96. The van der Waals surface area contributed by atoms with Crippen molar-refractivity contribution < 1.29 is 14.4 Å². The summed E-state index contributed by atoms with van der Waals surface area (Å²) < 4.78 is 0. The van der Waals surface area contributed by atoms with Gasteiger partial charge in [-0.05, 0) is 82.6 Å². The highest BCUT2D eigenvalue weighted by Gasteiger charge is 2.22. The molecule has 0 aliphatic heterocycles. The number of aromatic nitrogens is 1. The third kappa shape index (κ3) is 7.81. The molecule has 0 aliphatic rings. The zero-order valence-electron chi connectivity index (χ0n) is 22.3. The Labute approximate surface area is 251 Å². The Morgan fingerprint density at radius 3 is 2.10 bits per heavy atom. The number of carbonyl (C=O) groups excluding carboxylic acids is 3. The van der Waals surface area contributed by atoms with Crippen LogP contribution in [0, 0.1) is 0 Å². The van der Waals surface area contributed by atoms with Crippen molar-refractivity contribution in [3.63, 3.8) is 0 Å². The number of pyridine rings is 1. The zero-order chi connectivity index (χ0) is 29.1. The molecule has 42 heavy (non-hydrogen) atoms. The van der Waals surface area contributed by atoms with Crippen molar-refractivity contribution in [1.82, 2.24) is 10.3 Å². The molecule has 2 heterocycles. The number of thiophene rings is 1. The Balaban J connectivity index is 1.30. The molecule has 0 radical (unpaired) electrons. The van der Waals surface area contributed by atoms with Gasteiger partial charge in [-0.15, -0.1) is 11.8 Å². The maximum Gasteiger partial charge on any atom is 0.272 e. The van der Waals surface area contributed by atoms with Gasteiger partial charge in [0.2, 0.25) is 5.91 Å². The summed E-state index contributed by atoms with van der Waals surface area (Å²) in [6.07, 6.45) is 4.89. The number of hydrogen-bond acceptors (Lipinski definition) is 6. The van der Waals surface area contributed by atoms with Gasteiger partial charge in [0.15, 0.2) is 0 Å². The van der Waals surface area contributed by atoms with Gasteiger partial charge >= 0.3 is 0 Å². The van der Waals surface area contributed by atoms with Gasteiger partial charge < -0.3 is 16.0 Å². The van der Waals surface area contributed by atoms with E-state index in [2.05, 4.69) is 20.9 Å². The predicted octanol–water partition coefficient (Wildman–Crippen LogP) is 7.02. The average molecular weight is 591 g/mol. The predicted molar refractivity (Wildman–Crippen MR) is 169 cm³/mol. The second-order valence-corrected chi connectivity index (χ2v) is 11.0. The van der Waals surface area contributed by atoms with Crippen LogP contribution >= 0.6 is 23.1 Å². The third-order valence-corrected chi connectivity index (χ3v) is 8.01. The molecule has 3 N–H and O–H groups in total. The van der Waals surface area contributed by atoms with E-state index in [9.17, 15) is 14.4 Å². The lowest BCUT2D eigenvalue weighted by Crippen LogP contribution is -2.30. The van der Waals surface area contributed by atoms with E-state index >= 15 is 0 Å². The van der Waals surface area contributed by atoms with Crippen LogP contribution in [0.4, 0.5) is 11.4 Å². The minimum atomic E-state index is -0.506. The molecule has 5 aromatic rings. The van der Waals surface area contributed by atoms with Crippen molar-refractivity contribution in [2.45, 2.75) is 10.1 Å². The summed E-state index contributed by atoms with van der Waals surface area (Å²) >= 11 is 2.90. The number of anilines is 2. The van der Waals surface area contributed by atoms with Crippen LogP contribution in [0.3, 0.4) is 0 Å². The first-order valence-electron chi connectivity index (χ1n) is 13.0. The van der Waals surface area contributed by atoms with E-state index in [4.69, 9.17) is 0 Å². The molecule has 0 aliphatic carbocycles. The number of carbonyl (C=O) groups is 3. The Morgan fingerprint density at radius 1 is 0.762 bits per heavy atom. The first kappa shape index (κ1) is 28.5. The van der Waals surface area contributed by atoms with Crippen LogP contribution in [-0.2, 0) is 9.59 Å². The Hall–Kier alpha value is -4.99. The van der Waals surface area contributed by atoms with E-state index in [0.29, 0.717) is 16.9 Å². The first-order chi connectivity index (χ1) is 20.5. The van der Waals surface area contributed by atoms with Crippen molar-refractivity contribution in [3.05, 3.63) is 149 Å². The highest BCUT2D eigenvalue weighted by Crippen LogP contribution is 2.36. The van der Waals surface area contributed by atoms with E-state index in [-0.39, 0.29) is 17.5 Å². The largest absolute Gasteiger partial charge is 0.325 e. The van der Waals surface area contributed by atoms with E-state index in [1.54, 1.807) is 67.0 Å². The van der Waals surface area contributed by atoms with Crippen LogP contribution in [0.15, 0.2) is 137 Å². The Morgan fingerprint density at radius 2 is 1.43 bits per heavy atom. The normalized spacial score (nSPS) is 11.8. The van der Waals surface area contributed by atoms with Gasteiger partial charge in [-0.2, -0.15) is 11.3 Å². The van der Waals surface area contributed by atoms with Crippen molar-refractivity contribution in [2.75, 3.05) is 10.6 Å². The van der Waals surface area contributed by atoms with Crippen molar-refractivity contribution in [2.24, 2.45) is 0 Å². The summed E-state index contributed by atoms with van der Waals surface area (Å²) in [5.41, 5.74) is 3.46. The lowest BCUT2D eigenvalue weighted by atomic mass is 10.1. The molecule has 3 aromatic carbocycles. The van der Waals surface area contributed by atoms with Gasteiger partial charge in [0.05, 0.1) is 0 Å². The molecule has 0 saturated heterocycles. The summed E-state index contributed by atoms with van der Waals surface area (Å²) in [6.45, 7) is 0. The van der Waals surface area contributed by atoms with Gasteiger partial charge in [0.25, 0.3) is 11.8 Å². The minimum Gasteiger partial charge on any atom is -0.325 e. The third-order valence-electron chi connectivity index (χ3n) is 6.04. The minimum absolute atomic E-state index is 0.123. The van der Waals surface area contributed by atoms with Gasteiger partial charge in [0, 0.05) is 34.2 Å². The summed E-state index contributed by atoms with van der Waals surface area (Å²) in [4.78, 5) is 44.2. The number of rotatable bonds is 10. The maximum atomic E-state index is 13.3. The second-order valence-electron chi connectivity index (χ2n) is 9.05. The van der Waals surface area contributed by atoms with E-state index in [1.807, 2.05) is 65.4 Å². The van der Waals surface area contributed by atoms with E-state index in [0.717, 1.165) is 16.0 Å². The maximum absolute atomic E-state index is 13.3. The number of nitrogens with one attached hydrogen (secondary N) is 3. The molecular formula is C33H26N4O3S2. The van der Waals surface area contributed by atoms with Crippen LogP contribution in [-0.4, -0.2) is 22.7 Å². The molecule has 0 fully saturated rings. The van der Waals surface area contributed by atoms with Gasteiger partial charge in [-0.25, -0.2) is 0 Å². The van der Waals surface area contributed by atoms with E-state index in [1.165, 1.54) is 23.1 Å². The molecule has 1 atom stereocenters. The summed E-state index contributed by atoms with van der Waals surface area (Å²) in [5.74, 6) is -0.993. The van der Waals surface area contributed by atoms with Crippen LogP contribution in [0.1, 0.15) is 26.7 Å². The highest BCUT2D eigenvalue weighted by molar-refractivity contribution is 8.00. The smallest absolute Gasteiger partial charge is 0.272 e. The molecule has 0 spiro atoms. The molecule has 3 amide bonds. The van der Waals surface area contributed by atoms with Crippen LogP contribution in [0.25, 0.3) is 6.08 Å². The summed E-state index contributed by atoms with van der Waals surface area (Å²) in [7, 11) is 0. The molecule has 7 nitrogen and oxygen atoms in total. The molecule has 208 valence electrons. The standard InChI is InChI=1S/C33H26N4O3S2/c38-31(25-9-5-2-6-10-25)37-29(21-23-17-20-41-22-23)32(39)35-26-11-13-28(14-12-26)42-30(24-7-3-1-4-8-24)33(40)36-27-15-18-34-19-16-27/h1-22,30H,(H,35,39)(H,37,38)(H,34,36,40)/b29-21-. The van der Waals surface area contributed by atoms with Crippen molar-refractivity contribution in [1.29, 1.82) is 0 Å². The molecule has 2 aromatic heterocycles. The first-order valence-corrected chi connectivity index (χ1v) is 14.8. The van der Waals surface area contributed by atoms with Crippen LogP contribution in [0.2, 0.25) is 0 Å². The molecule has 0 bridgehead atoms. The highest BCUT2D eigenvalue weighted by atomic mass is 32.2. The lowest BCUT2D eigenvalue weighted by molar-refractivity contribution is -0.116. The van der Waals surface area contributed by atoms with Crippen molar-refractivity contribution >= 4 is 58.3 Å². The number of hydrogen-bond donors (Lipinski definition) is 3. The Kier molecular flexibility index (Phi) is 9.56. The fourth-order valence-corrected chi connectivity index (χ4v) is 5.60. The van der Waals surface area contributed by atoms with Gasteiger partial charge in [0.1, 0.15) is 10.9 Å². The monoisotopic (exact) mass is 590 g/mol. The number of nitrogens with zero attached hydrogens (tertiary/aromatic N) is 1. The quantitative estimate of drug-likeness (QED) is 0.120. The fraction of sp³-hybridized carbons (Fsp3) is 0.0303. The molecule has 0 saturated carbocycles. The molecular weight excluding hydrogens is 565 g/mol. The molecule has 5 rings (SSSR count). The second kappa shape index (κ2) is 14.1. The van der Waals surface area contributed by atoms with Crippen molar-refractivity contribution in [3.8, 4) is 0 Å². The average Bonchev–Trinajstić information content (AvgIpc) is 3.55. The molecule has 9 heteroatoms. The number of thioether (sulfide) groups is 1. The number of amides is 3. The lowest BCUT2D eigenvalue weighted by Gasteiger charge is -2.17. The van der Waals surface area contributed by atoms with Crippen LogP contribution < -0.4 is 16.0 Å². The number of benzene rings is 3. The summed E-state index contributed by atoms with van der Waals surface area (Å²) in [6, 6.07) is 30.9. The van der Waals surface area contributed by atoms with Crippen LogP contribution in [0.5, 0.6) is 0 Å². The van der Waals surface area contributed by atoms with E-state index < -0.39 is 11.2 Å². The summed E-state index contributed by atoms with van der Waals surface area (Å²) in [5, 5.41) is 11.9.